The number of benzene rings is 1. The van der Waals surface area contributed by atoms with Gasteiger partial charge in [0.1, 0.15) is 11.0 Å². The molecule has 1 heterocycles. The van der Waals surface area contributed by atoms with E-state index in [1.54, 1.807) is 6.07 Å². The Balaban J connectivity index is 2.16. The van der Waals surface area contributed by atoms with Gasteiger partial charge in [0, 0.05) is 12.1 Å². The van der Waals surface area contributed by atoms with Crippen LogP contribution >= 0.6 is 11.6 Å². The molecule has 1 aromatic carbocycles. The zero-order valence-corrected chi connectivity index (χ0v) is 10.1. The fourth-order valence-corrected chi connectivity index (χ4v) is 1.75. The Kier molecular flexibility index (Phi) is 3.44. The van der Waals surface area contributed by atoms with E-state index in [0.717, 1.165) is 0 Å². The summed E-state index contributed by atoms with van der Waals surface area (Å²) in [6, 6.07) is 11.8. The van der Waals surface area contributed by atoms with Crippen molar-refractivity contribution in [2.24, 2.45) is 0 Å². The number of nitrogens with zero attached hydrogens (tertiary/aromatic N) is 2. The molecule has 1 atom stereocenters. The summed E-state index contributed by atoms with van der Waals surface area (Å²) in [7, 11) is 0. The zero-order chi connectivity index (χ0) is 12.3. The van der Waals surface area contributed by atoms with Crippen LogP contribution in [0.4, 0.5) is 11.8 Å². The van der Waals surface area contributed by atoms with Crippen LogP contribution in [-0.2, 0) is 0 Å². The first-order chi connectivity index (χ1) is 8.15. The van der Waals surface area contributed by atoms with Crippen molar-refractivity contribution in [2.45, 2.75) is 13.0 Å². The minimum atomic E-state index is 0.126. The fourth-order valence-electron chi connectivity index (χ4n) is 1.56. The lowest BCUT2D eigenvalue weighted by Crippen LogP contribution is -2.09. The van der Waals surface area contributed by atoms with E-state index in [4.69, 9.17) is 17.3 Å². The molecule has 0 amide bonds. The molecule has 3 N–H and O–H groups in total. The Morgan fingerprint density at radius 2 is 1.94 bits per heavy atom. The number of nitrogens with one attached hydrogen (secondary N) is 1. The van der Waals surface area contributed by atoms with Gasteiger partial charge < -0.3 is 11.1 Å². The van der Waals surface area contributed by atoms with Gasteiger partial charge in [0.05, 0.1) is 0 Å². The summed E-state index contributed by atoms with van der Waals surface area (Å²) in [6.45, 7) is 2.04. The molecule has 1 aromatic heterocycles. The van der Waals surface area contributed by atoms with Crippen LogP contribution in [0.3, 0.4) is 0 Å². The van der Waals surface area contributed by atoms with Crippen LogP contribution in [0, 0.1) is 0 Å². The average molecular weight is 249 g/mol. The van der Waals surface area contributed by atoms with E-state index in [0.29, 0.717) is 11.0 Å². The number of anilines is 2. The molecule has 0 fully saturated rings. The summed E-state index contributed by atoms with van der Waals surface area (Å²) in [5, 5.41) is 3.56. The van der Waals surface area contributed by atoms with Crippen LogP contribution in [0.2, 0.25) is 5.15 Å². The summed E-state index contributed by atoms with van der Waals surface area (Å²) in [5.41, 5.74) is 6.69. The summed E-state index contributed by atoms with van der Waals surface area (Å²) < 4.78 is 0. The standard InChI is InChI=1S/C12H13ClN4/c1-8(9-5-3-2-4-6-9)15-11-7-10(13)16-12(14)17-11/h2-8H,1H3,(H3,14,15,16,17)/t8-/m1/s1. The molecule has 0 radical (unpaired) electrons. The molecule has 0 aliphatic heterocycles. The first kappa shape index (κ1) is 11.7. The number of hydrogen-bond donors (Lipinski definition) is 2. The Bertz CT molecular complexity index is 481. The maximum atomic E-state index is 5.81. The Morgan fingerprint density at radius 3 is 2.59 bits per heavy atom. The molecule has 0 aliphatic carbocycles. The molecule has 0 unspecified atom stereocenters. The Labute approximate surface area is 105 Å². The van der Waals surface area contributed by atoms with E-state index in [9.17, 15) is 0 Å². The number of nitrogens with two attached hydrogens (primary N) is 1. The van der Waals surface area contributed by atoms with Crippen molar-refractivity contribution >= 4 is 23.4 Å². The van der Waals surface area contributed by atoms with E-state index in [2.05, 4.69) is 15.3 Å². The van der Waals surface area contributed by atoms with Gasteiger partial charge in [-0.1, -0.05) is 41.9 Å². The normalized spacial score (nSPS) is 12.1. The van der Waals surface area contributed by atoms with Crippen LogP contribution in [0.5, 0.6) is 0 Å². The number of aromatic nitrogens is 2. The van der Waals surface area contributed by atoms with Crippen molar-refractivity contribution in [2.75, 3.05) is 11.1 Å². The molecule has 0 spiro atoms. The molecular weight excluding hydrogens is 236 g/mol. The summed E-state index contributed by atoms with van der Waals surface area (Å²) in [4.78, 5) is 7.88. The van der Waals surface area contributed by atoms with Crippen LogP contribution in [-0.4, -0.2) is 9.97 Å². The number of rotatable bonds is 3. The second-order valence-corrected chi connectivity index (χ2v) is 4.10. The Hall–Kier alpha value is -1.81. The molecule has 0 saturated carbocycles. The molecule has 4 nitrogen and oxygen atoms in total. The maximum Gasteiger partial charge on any atom is 0.223 e. The lowest BCUT2D eigenvalue weighted by molar-refractivity contribution is 0.873. The highest BCUT2D eigenvalue weighted by atomic mass is 35.5. The largest absolute Gasteiger partial charge is 0.368 e. The van der Waals surface area contributed by atoms with E-state index < -0.39 is 0 Å². The first-order valence-corrected chi connectivity index (χ1v) is 5.64. The SMILES string of the molecule is C[C@@H](Nc1cc(Cl)nc(N)n1)c1ccccc1. The van der Waals surface area contributed by atoms with Gasteiger partial charge in [0.25, 0.3) is 0 Å². The molecule has 0 saturated heterocycles. The highest BCUT2D eigenvalue weighted by molar-refractivity contribution is 6.29. The molecule has 2 aromatic rings. The predicted octanol–water partition coefficient (Wildman–Crippen LogP) is 2.89. The number of hydrogen-bond acceptors (Lipinski definition) is 4. The maximum absolute atomic E-state index is 5.81. The second-order valence-electron chi connectivity index (χ2n) is 3.71. The highest BCUT2D eigenvalue weighted by Gasteiger charge is 2.06. The minimum Gasteiger partial charge on any atom is -0.368 e. The van der Waals surface area contributed by atoms with Gasteiger partial charge in [-0.05, 0) is 12.5 Å². The van der Waals surface area contributed by atoms with Crippen molar-refractivity contribution < 1.29 is 0 Å². The van der Waals surface area contributed by atoms with Gasteiger partial charge in [-0.3, -0.25) is 0 Å². The van der Waals surface area contributed by atoms with Gasteiger partial charge in [-0.15, -0.1) is 0 Å². The lowest BCUT2D eigenvalue weighted by Gasteiger charge is -2.14. The quantitative estimate of drug-likeness (QED) is 0.820. The third-order valence-corrected chi connectivity index (χ3v) is 2.57. The van der Waals surface area contributed by atoms with Crippen LogP contribution < -0.4 is 11.1 Å². The summed E-state index contributed by atoms with van der Waals surface area (Å²) >= 11 is 5.81. The molecule has 5 heteroatoms. The van der Waals surface area contributed by atoms with Crippen molar-refractivity contribution in [3.63, 3.8) is 0 Å². The first-order valence-electron chi connectivity index (χ1n) is 5.26. The summed E-state index contributed by atoms with van der Waals surface area (Å²) in [5.74, 6) is 0.791. The van der Waals surface area contributed by atoms with E-state index in [1.807, 2.05) is 37.3 Å². The van der Waals surface area contributed by atoms with E-state index in [1.165, 1.54) is 5.56 Å². The van der Waals surface area contributed by atoms with E-state index >= 15 is 0 Å². The molecule has 2 rings (SSSR count). The topological polar surface area (TPSA) is 63.8 Å². The van der Waals surface area contributed by atoms with E-state index in [-0.39, 0.29) is 12.0 Å². The third-order valence-electron chi connectivity index (χ3n) is 2.38. The van der Waals surface area contributed by atoms with Gasteiger partial charge in [0.2, 0.25) is 5.95 Å². The predicted molar refractivity (Wildman–Crippen MR) is 69.9 cm³/mol. The molecule has 88 valence electrons. The van der Waals surface area contributed by atoms with Crippen molar-refractivity contribution in [1.82, 2.24) is 9.97 Å². The average Bonchev–Trinajstić information content (AvgIpc) is 2.28. The van der Waals surface area contributed by atoms with Crippen molar-refractivity contribution in [3.05, 3.63) is 47.1 Å². The molecule has 17 heavy (non-hydrogen) atoms. The molecular formula is C12H13ClN4. The third kappa shape index (κ3) is 3.07. The lowest BCUT2D eigenvalue weighted by atomic mass is 10.1. The molecule has 0 bridgehead atoms. The van der Waals surface area contributed by atoms with Crippen LogP contribution in [0.25, 0.3) is 0 Å². The van der Waals surface area contributed by atoms with Crippen LogP contribution in [0.1, 0.15) is 18.5 Å². The van der Waals surface area contributed by atoms with Gasteiger partial charge in [-0.2, -0.15) is 4.98 Å². The van der Waals surface area contributed by atoms with Gasteiger partial charge >= 0.3 is 0 Å². The minimum absolute atomic E-state index is 0.126. The highest BCUT2D eigenvalue weighted by Crippen LogP contribution is 2.19. The van der Waals surface area contributed by atoms with Crippen LogP contribution in [0.15, 0.2) is 36.4 Å². The smallest absolute Gasteiger partial charge is 0.223 e. The zero-order valence-electron chi connectivity index (χ0n) is 9.39. The summed E-state index contributed by atoms with van der Waals surface area (Å²) in [6.07, 6.45) is 0. The van der Waals surface area contributed by atoms with Gasteiger partial charge in [0.15, 0.2) is 0 Å². The van der Waals surface area contributed by atoms with Crippen molar-refractivity contribution in [1.29, 1.82) is 0 Å². The van der Waals surface area contributed by atoms with Crippen molar-refractivity contribution in [3.8, 4) is 0 Å². The second kappa shape index (κ2) is 5.01. The Morgan fingerprint density at radius 1 is 1.24 bits per heavy atom. The monoisotopic (exact) mass is 248 g/mol. The number of halogens is 1. The molecule has 0 aliphatic rings. The van der Waals surface area contributed by atoms with Gasteiger partial charge in [-0.25, -0.2) is 4.98 Å². The number of nitrogen functional groups attached to an aromatic ring is 1. The fraction of sp³-hybridized carbons (Fsp3) is 0.167.